The Kier molecular flexibility index (Phi) is 4.55. The average molecular weight is 342 g/mol. The fourth-order valence-electron chi connectivity index (χ4n) is 2.21. The quantitative estimate of drug-likeness (QED) is 0.680. The average Bonchev–Trinajstić information content (AvgIpc) is 3.14. The van der Waals surface area contributed by atoms with Gasteiger partial charge in [-0.3, -0.25) is 0 Å². The van der Waals surface area contributed by atoms with Crippen molar-refractivity contribution < 1.29 is 13.9 Å². The number of nitrogens with one attached hydrogen (secondary N) is 1. The molecular formula is C16H15FN6O2. The van der Waals surface area contributed by atoms with E-state index < -0.39 is 11.8 Å². The number of ether oxygens (including phenoxy) is 1. The molecule has 25 heavy (non-hydrogen) atoms. The number of nitrogens with two attached hydrogens (primary N) is 1. The summed E-state index contributed by atoms with van der Waals surface area (Å²) < 4.78 is 20.1. The first-order valence-corrected chi connectivity index (χ1v) is 7.32. The van der Waals surface area contributed by atoms with Crippen LogP contribution in [0, 0.1) is 5.82 Å². The summed E-state index contributed by atoms with van der Waals surface area (Å²) in [6, 6.07) is 7.38. The molecule has 0 aliphatic rings. The lowest BCUT2D eigenvalue weighted by molar-refractivity contribution is 0.0600. The number of nitrogens with zero attached hydrogens (tertiary/aromatic N) is 4. The van der Waals surface area contributed by atoms with Gasteiger partial charge in [0.1, 0.15) is 11.6 Å². The number of halogens is 1. The summed E-state index contributed by atoms with van der Waals surface area (Å²) in [7, 11) is 1.27. The molecule has 128 valence electrons. The molecule has 0 atom stereocenters. The van der Waals surface area contributed by atoms with Crippen molar-refractivity contribution in [3.05, 3.63) is 59.7 Å². The molecule has 0 amide bonds. The molecule has 9 heteroatoms. The van der Waals surface area contributed by atoms with Gasteiger partial charge in [0.25, 0.3) is 0 Å². The Morgan fingerprint density at radius 3 is 2.92 bits per heavy atom. The van der Waals surface area contributed by atoms with Crippen LogP contribution in [-0.4, -0.2) is 32.8 Å². The van der Waals surface area contributed by atoms with Gasteiger partial charge in [0.05, 0.1) is 12.7 Å². The monoisotopic (exact) mass is 342 g/mol. The number of carbonyl (C=O) groups excluding carboxylic acids is 1. The number of hydrogen-bond acceptors (Lipinski definition) is 7. The number of anilines is 2. The van der Waals surface area contributed by atoms with Crippen LogP contribution in [0.1, 0.15) is 15.9 Å². The molecule has 1 aromatic carbocycles. The van der Waals surface area contributed by atoms with E-state index in [1.165, 1.54) is 30.0 Å². The number of nitrogen functional groups attached to an aromatic ring is 1. The summed E-state index contributed by atoms with van der Waals surface area (Å²) >= 11 is 0. The van der Waals surface area contributed by atoms with Crippen LogP contribution in [0.5, 0.6) is 0 Å². The minimum absolute atomic E-state index is 0.0549. The normalized spacial score (nSPS) is 10.5. The van der Waals surface area contributed by atoms with Gasteiger partial charge in [-0.25, -0.2) is 13.9 Å². The molecule has 3 rings (SSSR count). The van der Waals surface area contributed by atoms with Crippen LogP contribution in [0.25, 0.3) is 5.82 Å². The van der Waals surface area contributed by atoms with Crippen molar-refractivity contribution in [1.29, 1.82) is 0 Å². The second-order valence-electron chi connectivity index (χ2n) is 5.07. The van der Waals surface area contributed by atoms with Crippen LogP contribution < -0.4 is 11.1 Å². The minimum atomic E-state index is -0.534. The van der Waals surface area contributed by atoms with Crippen molar-refractivity contribution in [1.82, 2.24) is 19.7 Å². The van der Waals surface area contributed by atoms with E-state index in [9.17, 15) is 9.18 Å². The van der Waals surface area contributed by atoms with Gasteiger partial charge in [-0.15, -0.1) is 0 Å². The molecular weight excluding hydrogens is 327 g/mol. The third-order valence-corrected chi connectivity index (χ3v) is 3.40. The lowest BCUT2D eigenvalue weighted by Gasteiger charge is -2.10. The van der Waals surface area contributed by atoms with Crippen molar-refractivity contribution in [2.45, 2.75) is 6.54 Å². The Labute approximate surface area is 142 Å². The highest BCUT2D eigenvalue weighted by molar-refractivity contribution is 5.89. The first kappa shape index (κ1) is 16.4. The number of carbonyl (C=O) groups is 1. The molecule has 0 aliphatic carbocycles. The summed E-state index contributed by atoms with van der Waals surface area (Å²) in [5.41, 5.74) is 6.26. The van der Waals surface area contributed by atoms with Crippen molar-refractivity contribution in [2.24, 2.45) is 0 Å². The third kappa shape index (κ3) is 3.71. The van der Waals surface area contributed by atoms with Crippen LogP contribution in [0.2, 0.25) is 0 Å². The van der Waals surface area contributed by atoms with Crippen molar-refractivity contribution in [3.8, 4) is 5.82 Å². The zero-order valence-electron chi connectivity index (χ0n) is 13.3. The smallest absolute Gasteiger partial charge is 0.337 e. The largest absolute Gasteiger partial charge is 0.465 e. The van der Waals surface area contributed by atoms with Crippen LogP contribution in [0.15, 0.2) is 42.7 Å². The standard InChI is InChI=1S/C16H15FN6O2/c1-25-15(24)10-3-4-12(17)11(7-10)9-19-13-8-14(22-16(18)21-13)23-6-2-5-20-23/h2-8H,9H2,1H3,(H3,18,19,21,22). The van der Waals surface area contributed by atoms with Crippen molar-refractivity contribution >= 4 is 17.7 Å². The molecule has 0 saturated carbocycles. The van der Waals surface area contributed by atoms with E-state index in [1.54, 1.807) is 24.5 Å². The molecule has 0 unspecified atom stereocenters. The van der Waals surface area contributed by atoms with E-state index in [-0.39, 0.29) is 18.1 Å². The van der Waals surface area contributed by atoms with Gasteiger partial charge in [0, 0.05) is 30.6 Å². The molecule has 2 aromatic heterocycles. The van der Waals surface area contributed by atoms with Gasteiger partial charge in [-0.2, -0.15) is 15.1 Å². The van der Waals surface area contributed by atoms with Gasteiger partial charge in [-0.05, 0) is 24.3 Å². The second-order valence-corrected chi connectivity index (χ2v) is 5.07. The molecule has 0 fully saturated rings. The highest BCUT2D eigenvalue weighted by atomic mass is 19.1. The van der Waals surface area contributed by atoms with Crippen LogP contribution >= 0.6 is 0 Å². The fourth-order valence-corrected chi connectivity index (χ4v) is 2.21. The molecule has 3 aromatic rings. The van der Waals surface area contributed by atoms with Gasteiger partial charge < -0.3 is 15.8 Å². The van der Waals surface area contributed by atoms with Crippen LogP contribution in [0.3, 0.4) is 0 Å². The number of hydrogen-bond donors (Lipinski definition) is 2. The molecule has 0 spiro atoms. The summed E-state index contributed by atoms with van der Waals surface area (Å²) in [5.74, 6) is -0.0492. The van der Waals surface area contributed by atoms with E-state index in [2.05, 4.69) is 25.1 Å². The zero-order chi connectivity index (χ0) is 17.8. The Morgan fingerprint density at radius 1 is 1.36 bits per heavy atom. The summed E-state index contributed by atoms with van der Waals surface area (Å²) in [6.07, 6.45) is 3.32. The Morgan fingerprint density at radius 2 is 2.20 bits per heavy atom. The van der Waals surface area contributed by atoms with Crippen molar-refractivity contribution in [2.75, 3.05) is 18.2 Å². The first-order chi connectivity index (χ1) is 12.1. The van der Waals surface area contributed by atoms with E-state index in [0.717, 1.165) is 0 Å². The molecule has 0 bridgehead atoms. The van der Waals surface area contributed by atoms with E-state index >= 15 is 0 Å². The molecule has 8 nitrogen and oxygen atoms in total. The SMILES string of the molecule is COC(=O)c1ccc(F)c(CNc2cc(-n3cccn3)nc(N)n2)c1. The lowest BCUT2D eigenvalue weighted by Crippen LogP contribution is -2.10. The topological polar surface area (TPSA) is 108 Å². The molecule has 0 saturated heterocycles. The highest BCUT2D eigenvalue weighted by Crippen LogP contribution is 2.16. The summed E-state index contributed by atoms with van der Waals surface area (Å²) in [5, 5.41) is 7.04. The Balaban J connectivity index is 1.81. The molecule has 2 heterocycles. The lowest BCUT2D eigenvalue weighted by atomic mass is 10.1. The van der Waals surface area contributed by atoms with Crippen LogP contribution in [0.4, 0.5) is 16.2 Å². The molecule has 3 N–H and O–H groups in total. The molecule has 0 aliphatic heterocycles. The maximum atomic E-state index is 14.0. The Bertz CT molecular complexity index is 898. The maximum absolute atomic E-state index is 14.0. The Hall–Kier alpha value is -3.49. The minimum Gasteiger partial charge on any atom is -0.465 e. The third-order valence-electron chi connectivity index (χ3n) is 3.40. The summed E-state index contributed by atoms with van der Waals surface area (Å²) in [4.78, 5) is 19.7. The van der Waals surface area contributed by atoms with Gasteiger partial charge in [0.2, 0.25) is 5.95 Å². The number of aromatic nitrogens is 4. The number of rotatable bonds is 5. The zero-order valence-corrected chi connectivity index (χ0v) is 13.3. The highest BCUT2D eigenvalue weighted by Gasteiger charge is 2.11. The number of esters is 1. The number of methoxy groups -OCH3 is 1. The second kappa shape index (κ2) is 6.95. The van der Waals surface area contributed by atoms with Crippen LogP contribution in [-0.2, 0) is 11.3 Å². The number of benzene rings is 1. The van der Waals surface area contributed by atoms with E-state index in [4.69, 9.17) is 5.73 Å². The van der Waals surface area contributed by atoms with Gasteiger partial charge in [-0.1, -0.05) is 0 Å². The fraction of sp³-hybridized carbons (Fsp3) is 0.125. The van der Waals surface area contributed by atoms with Crippen molar-refractivity contribution in [3.63, 3.8) is 0 Å². The van der Waals surface area contributed by atoms with Gasteiger partial charge >= 0.3 is 5.97 Å². The summed E-state index contributed by atoms with van der Waals surface area (Å²) in [6.45, 7) is 0.103. The van der Waals surface area contributed by atoms with E-state index in [1.807, 2.05) is 0 Å². The maximum Gasteiger partial charge on any atom is 0.337 e. The molecule has 0 radical (unpaired) electrons. The first-order valence-electron chi connectivity index (χ1n) is 7.32. The van der Waals surface area contributed by atoms with E-state index in [0.29, 0.717) is 17.2 Å². The predicted octanol–water partition coefficient (Wildman–Crippen LogP) is 1.78. The predicted molar refractivity (Wildman–Crippen MR) is 88.6 cm³/mol. The van der Waals surface area contributed by atoms with Gasteiger partial charge in [0.15, 0.2) is 5.82 Å².